The van der Waals surface area contributed by atoms with Crippen LogP contribution in [0.1, 0.15) is 13.3 Å². The SMILES string of the molecule is CCn1ccc(N2CCC(N)C2=O)n1. The molecule has 0 bridgehead atoms. The lowest BCUT2D eigenvalue weighted by Gasteiger charge is -2.11. The lowest BCUT2D eigenvalue weighted by Crippen LogP contribution is -2.34. The molecule has 1 saturated heterocycles. The van der Waals surface area contributed by atoms with Gasteiger partial charge in [-0.1, -0.05) is 0 Å². The largest absolute Gasteiger partial charge is 0.320 e. The molecular formula is C9H14N4O. The Morgan fingerprint density at radius 2 is 2.50 bits per heavy atom. The zero-order chi connectivity index (χ0) is 10.1. The third-order valence-electron chi connectivity index (χ3n) is 2.47. The fourth-order valence-electron chi connectivity index (χ4n) is 1.60. The molecule has 0 spiro atoms. The summed E-state index contributed by atoms with van der Waals surface area (Å²) in [5.41, 5.74) is 5.62. The maximum absolute atomic E-state index is 11.6. The molecule has 1 aliphatic heterocycles. The van der Waals surface area contributed by atoms with Crippen molar-refractivity contribution >= 4 is 11.7 Å². The number of hydrogen-bond acceptors (Lipinski definition) is 3. The third kappa shape index (κ3) is 1.39. The van der Waals surface area contributed by atoms with Gasteiger partial charge < -0.3 is 5.73 Å². The molecule has 0 saturated carbocycles. The molecule has 1 aromatic rings. The van der Waals surface area contributed by atoms with Gasteiger partial charge in [-0.05, 0) is 13.3 Å². The van der Waals surface area contributed by atoms with Gasteiger partial charge in [0.25, 0.3) is 0 Å². The topological polar surface area (TPSA) is 64.2 Å². The molecule has 5 heteroatoms. The van der Waals surface area contributed by atoms with Crippen molar-refractivity contribution in [3.8, 4) is 0 Å². The first-order valence-corrected chi connectivity index (χ1v) is 4.82. The Balaban J connectivity index is 2.19. The zero-order valence-electron chi connectivity index (χ0n) is 8.18. The van der Waals surface area contributed by atoms with Crippen molar-refractivity contribution in [2.24, 2.45) is 5.73 Å². The number of aromatic nitrogens is 2. The first-order valence-electron chi connectivity index (χ1n) is 4.82. The number of hydrogen-bond donors (Lipinski definition) is 1. The predicted octanol–water partition coefficient (Wildman–Crippen LogP) is -0.0330. The summed E-state index contributed by atoms with van der Waals surface area (Å²) >= 11 is 0. The number of aryl methyl sites for hydroxylation is 1. The van der Waals surface area contributed by atoms with Crippen molar-refractivity contribution in [3.63, 3.8) is 0 Å². The molecule has 0 aliphatic carbocycles. The van der Waals surface area contributed by atoms with Gasteiger partial charge in [-0.2, -0.15) is 5.10 Å². The standard InChI is InChI=1S/C9H14N4O/c1-2-12-5-4-8(11-12)13-6-3-7(10)9(13)14/h4-5,7H,2-3,6,10H2,1H3. The van der Waals surface area contributed by atoms with Crippen LogP contribution in [0.15, 0.2) is 12.3 Å². The number of nitrogens with two attached hydrogens (primary N) is 1. The monoisotopic (exact) mass is 194 g/mol. The van der Waals surface area contributed by atoms with Gasteiger partial charge >= 0.3 is 0 Å². The molecule has 1 aromatic heterocycles. The Kier molecular flexibility index (Phi) is 2.25. The highest BCUT2D eigenvalue weighted by Gasteiger charge is 2.30. The van der Waals surface area contributed by atoms with Crippen LogP contribution >= 0.6 is 0 Å². The number of rotatable bonds is 2. The van der Waals surface area contributed by atoms with Crippen LogP contribution in [-0.4, -0.2) is 28.3 Å². The summed E-state index contributed by atoms with van der Waals surface area (Å²) < 4.78 is 1.80. The van der Waals surface area contributed by atoms with E-state index in [1.807, 2.05) is 19.2 Å². The highest BCUT2D eigenvalue weighted by molar-refractivity contribution is 5.98. The smallest absolute Gasteiger partial charge is 0.245 e. The normalized spacial score (nSPS) is 22.0. The van der Waals surface area contributed by atoms with E-state index < -0.39 is 0 Å². The van der Waals surface area contributed by atoms with Gasteiger partial charge in [-0.3, -0.25) is 14.4 Å². The highest BCUT2D eigenvalue weighted by atomic mass is 16.2. The Hall–Kier alpha value is -1.36. The fourth-order valence-corrected chi connectivity index (χ4v) is 1.60. The van der Waals surface area contributed by atoms with E-state index in [2.05, 4.69) is 5.10 Å². The van der Waals surface area contributed by atoms with E-state index in [9.17, 15) is 4.79 Å². The second-order valence-corrected chi connectivity index (χ2v) is 3.41. The van der Waals surface area contributed by atoms with Crippen LogP contribution in [0.25, 0.3) is 0 Å². The van der Waals surface area contributed by atoms with Crippen LogP contribution in [0.3, 0.4) is 0 Å². The minimum atomic E-state index is -0.346. The van der Waals surface area contributed by atoms with Crippen LogP contribution in [0, 0.1) is 0 Å². The van der Waals surface area contributed by atoms with Gasteiger partial charge in [0.05, 0.1) is 6.04 Å². The molecule has 2 heterocycles. The van der Waals surface area contributed by atoms with Gasteiger partial charge in [0.1, 0.15) is 0 Å². The van der Waals surface area contributed by atoms with Crippen molar-refractivity contribution < 1.29 is 4.79 Å². The van der Waals surface area contributed by atoms with E-state index in [1.165, 1.54) is 0 Å². The van der Waals surface area contributed by atoms with Crippen molar-refractivity contribution in [2.45, 2.75) is 25.9 Å². The van der Waals surface area contributed by atoms with E-state index in [4.69, 9.17) is 5.73 Å². The maximum Gasteiger partial charge on any atom is 0.245 e. The van der Waals surface area contributed by atoms with Crippen molar-refractivity contribution in [2.75, 3.05) is 11.4 Å². The van der Waals surface area contributed by atoms with E-state index in [1.54, 1.807) is 9.58 Å². The lowest BCUT2D eigenvalue weighted by atomic mass is 10.3. The summed E-state index contributed by atoms with van der Waals surface area (Å²) in [4.78, 5) is 13.2. The molecule has 2 N–H and O–H groups in total. The molecule has 1 atom stereocenters. The molecule has 1 aliphatic rings. The Bertz CT molecular complexity index is 346. The molecule has 76 valence electrons. The number of anilines is 1. The first kappa shape index (κ1) is 9.21. The highest BCUT2D eigenvalue weighted by Crippen LogP contribution is 2.18. The summed E-state index contributed by atoms with van der Waals surface area (Å²) in [5, 5.41) is 4.26. The van der Waals surface area contributed by atoms with Crippen molar-refractivity contribution in [1.29, 1.82) is 0 Å². The van der Waals surface area contributed by atoms with E-state index in [0.717, 1.165) is 13.0 Å². The zero-order valence-corrected chi connectivity index (χ0v) is 8.18. The summed E-state index contributed by atoms with van der Waals surface area (Å²) in [5.74, 6) is 0.691. The molecule has 1 unspecified atom stereocenters. The molecule has 1 fully saturated rings. The van der Waals surface area contributed by atoms with Crippen LogP contribution in [-0.2, 0) is 11.3 Å². The Labute approximate surface area is 82.5 Å². The van der Waals surface area contributed by atoms with E-state index in [-0.39, 0.29) is 11.9 Å². The first-order chi connectivity index (χ1) is 6.72. The van der Waals surface area contributed by atoms with Gasteiger partial charge in [0, 0.05) is 25.4 Å². The van der Waals surface area contributed by atoms with Crippen LogP contribution in [0.5, 0.6) is 0 Å². The number of carbonyl (C=O) groups excluding carboxylic acids is 1. The van der Waals surface area contributed by atoms with Crippen LogP contribution in [0.2, 0.25) is 0 Å². The van der Waals surface area contributed by atoms with Gasteiger partial charge in [-0.15, -0.1) is 0 Å². The number of nitrogens with zero attached hydrogens (tertiary/aromatic N) is 3. The molecule has 0 aromatic carbocycles. The maximum atomic E-state index is 11.6. The van der Waals surface area contributed by atoms with E-state index in [0.29, 0.717) is 12.4 Å². The number of amides is 1. The molecular weight excluding hydrogens is 180 g/mol. The molecule has 14 heavy (non-hydrogen) atoms. The summed E-state index contributed by atoms with van der Waals surface area (Å²) in [6, 6.07) is 1.50. The molecule has 2 rings (SSSR count). The van der Waals surface area contributed by atoms with Gasteiger partial charge in [0.2, 0.25) is 5.91 Å². The minimum absolute atomic E-state index is 0.0219. The third-order valence-corrected chi connectivity index (χ3v) is 2.47. The summed E-state index contributed by atoms with van der Waals surface area (Å²) in [7, 11) is 0. The fraction of sp³-hybridized carbons (Fsp3) is 0.556. The lowest BCUT2D eigenvalue weighted by molar-refractivity contribution is -0.118. The van der Waals surface area contributed by atoms with Gasteiger partial charge in [0.15, 0.2) is 5.82 Å². The average Bonchev–Trinajstić information content (AvgIpc) is 2.75. The Morgan fingerprint density at radius 3 is 3.00 bits per heavy atom. The number of carbonyl (C=O) groups is 1. The predicted molar refractivity (Wildman–Crippen MR) is 52.8 cm³/mol. The summed E-state index contributed by atoms with van der Waals surface area (Å²) in [6.45, 7) is 3.50. The molecule has 1 amide bonds. The Morgan fingerprint density at radius 1 is 1.71 bits per heavy atom. The van der Waals surface area contributed by atoms with Gasteiger partial charge in [-0.25, -0.2) is 0 Å². The van der Waals surface area contributed by atoms with E-state index >= 15 is 0 Å². The van der Waals surface area contributed by atoms with Crippen LogP contribution < -0.4 is 10.6 Å². The molecule has 0 radical (unpaired) electrons. The average molecular weight is 194 g/mol. The summed E-state index contributed by atoms with van der Waals surface area (Å²) in [6.07, 6.45) is 2.59. The second kappa shape index (κ2) is 3.42. The van der Waals surface area contributed by atoms with Crippen LogP contribution in [0.4, 0.5) is 5.82 Å². The van der Waals surface area contributed by atoms with Crippen molar-refractivity contribution in [3.05, 3.63) is 12.3 Å². The van der Waals surface area contributed by atoms with Crippen molar-refractivity contribution in [1.82, 2.24) is 9.78 Å². The quantitative estimate of drug-likeness (QED) is 0.719. The molecule has 5 nitrogen and oxygen atoms in total. The second-order valence-electron chi connectivity index (χ2n) is 3.41. The minimum Gasteiger partial charge on any atom is -0.320 e.